The van der Waals surface area contributed by atoms with Crippen molar-refractivity contribution in [3.63, 3.8) is 0 Å². The normalized spacial score (nSPS) is 37.9. The molecule has 2 rings (SSSR count). The van der Waals surface area contributed by atoms with Gasteiger partial charge in [-0.15, -0.1) is 0 Å². The first-order chi connectivity index (χ1) is 11.9. The number of rotatable bonds is 10. The maximum Gasteiger partial charge on any atom is 0.474 e. The number of hydrogen-bond acceptors (Lipinski definition) is 8. The molecule has 12 heteroatoms. The highest BCUT2D eigenvalue weighted by Gasteiger charge is 2.42. The van der Waals surface area contributed by atoms with Gasteiger partial charge in [-0.3, -0.25) is 13.6 Å². The molecular weight excluding hydrogens is 348 g/mol. The van der Waals surface area contributed by atoms with Crippen molar-refractivity contribution in [2.24, 2.45) is 0 Å². The molecule has 2 saturated heterocycles. The SMILES string of the molecule is [B][B][C@H]1CC(OP(=O)(OC)OC[C@H]2O[C@@H]([B])CC2OC)[C@@H](COC)O1. The lowest BCUT2D eigenvalue weighted by atomic mass is 9.51. The second kappa shape index (κ2) is 9.90. The topological polar surface area (TPSA) is 81.7 Å². The predicted molar refractivity (Wildman–Crippen MR) is 91.9 cm³/mol. The summed E-state index contributed by atoms with van der Waals surface area (Å²) in [4.78, 5) is 0. The molecule has 0 saturated carbocycles. The zero-order chi connectivity index (χ0) is 18.4. The van der Waals surface area contributed by atoms with Gasteiger partial charge in [0.25, 0.3) is 0 Å². The predicted octanol–water partition coefficient (Wildman–Crippen LogP) is -0.00970. The van der Waals surface area contributed by atoms with E-state index in [0.717, 1.165) is 0 Å². The van der Waals surface area contributed by atoms with Crippen LogP contribution < -0.4 is 0 Å². The van der Waals surface area contributed by atoms with E-state index in [2.05, 4.69) is 0 Å². The van der Waals surface area contributed by atoms with E-state index >= 15 is 0 Å². The fourth-order valence-corrected chi connectivity index (χ4v) is 4.03. The van der Waals surface area contributed by atoms with E-state index in [1.165, 1.54) is 21.4 Å². The van der Waals surface area contributed by atoms with Crippen LogP contribution in [-0.2, 0) is 37.1 Å². The number of phosphoric acid groups is 1. The molecule has 2 fully saturated rings. The Morgan fingerprint density at radius 3 is 2.44 bits per heavy atom. The molecule has 0 spiro atoms. The number of hydrogen-bond donors (Lipinski definition) is 0. The first kappa shape index (κ1) is 21.4. The van der Waals surface area contributed by atoms with Gasteiger partial charge in [-0.2, -0.15) is 0 Å². The van der Waals surface area contributed by atoms with Crippen LogP contribution in [0.1, 0.15) is 12.8 Å². The first-order valence-electron chi connectivity index (χ1n) is 8.06. The van der Waals surface area contributed by atoms with E-state index in [4.69, 9.17) is 48.1 Å². The minimum Gasteiger partial charge on any atom is -0.382 e. The average molecular weight is 371 g/mol. The van der Waals surface area contributed by atoms with Gasteiger partial charge in [-0.1, -0.05) is 0 Å². The zero-order valence-corrected chi connectivity index (χ0v) is 15.6. The van der Waals surface area contributed by atoms with Gasteiger partial charge in [0.05, 0.1) is 32.6 Å². The molecule has 7 atom stereocenters. The fraction of sp³-hybridized carbons (Fsp3) is 1.00. The van der Waals surface area contributed by atoms with Gasteiger partial charge in [0.15, 0.2) is 0 Å². The third-order valence-electron chi connectivity index (χ3n) is 4.19. The minimum atomic E-state index is -3.82. The molecule has 0 amide bonds. The van der Waals surface area contributed by atoms with Crippen LogP contribution >= 0.6 is 7.82 Å². The Bertz CT molecular complexity index is 459. The maximum absolute atomic E-state index is 12.8. The van der Waals surface area contributed by atoms with Crippen LogP contribution in [0.2, 0.25) is 0 Å². The quantitative estimate of drug-likeness (QED) is 0.392. The lowest BCUT2D eigenvalue weighted by Crippen LogP contribution is -2.30. The Hall–Kier alpha value is 0.145. The summed E-state index contributed by atoms with van der Waals surface area (Å²) < 4.78 is 50.3. The molecule has 8 nitrogen and oxygen atoms in total. The number of phosphoric ester groups is 1. The van der Waals surface area contributed by atoms with Crippen LogP contribution in [0.25, 0.3) is 0 Å². The third kappa shape index (κ3) is 5.81. The van der Waals surface area contributed by atoms with Crippen LogP contribution in [0.3, 0.4) is 0 Å². The lowest BCUT2D eigenvalue weighted by molar-refractivity contribution is -0.0388. The Morgan fingerprint density at radius 2 is 1.84 bits per heavy atom. The van der Waals surface area contributed by atoms with Gasteiger partial charge >= 0.3 is 7.82 Å². The van der Waals surface area contributed by atoms with Crippen molar-refractivity contribution in [2.75, 3.05) is 34.5 Å². The molecule has 0 aromatic rings. The third-order valence-corrected chi connectivity index (χ3v) is 5.63. The standard InChI is InChI=1S/C13H23B3O8P/c1-18-6-10-9(5-13(16-15)23-10)24-25(17,20-3)21-7-11-8(19-2)4-12(14)22-11/h8-13H,4-7H2,1-3H3/t8?,9?,10-,11-,12-,13-,25?/m1/s1. The second-order valence-corrected chi connectivity index (χ2v) is 7.62. The highest BCUT2D eigenvalue weighted by Crippen LogP contribution is 2.52. The Balaban J connectivity index is 1.93. The van der Waals surface area contributed by atoms with Gasteiger partial charge in [-0.05, 0) is 12.8 Å². The number of ether oxygens (including phenoxy) is 4. The molecule has 0 bridgehead atoms. The van der Waals surface area contributed by atoms with Crippen LogP contribution in [0.4, 0.5) is 0 Å². The van der Waals surface area contributed by atoms with Gasteiger partial charge in [0.2, 0.25) is 0 Å². The van der Waals surface area contributed by atoms with Crippen molar-refractivity contribution in [2.45, 2.75) is 49.3 Å². The fourth-order valence-electron chi connectivity index (χ4n) is 2.89. The van der Waals surface area contributed by atoms with Gasteiger partial charge in [0, 0.05) is 41.1 Å². The molecule has 2 heterocycles. The van der Waals surface area contributed by atoms with Gasteiger partial charge < -0.3 is 18.9 Å². The molecular formula is C13H23B3O8P. The van der Waals surface area contributed by atoms with E-state index in [9.17, 15) is 4.57 Å². The molecule has 0 aromatic carbocycles. The number of methoxy groups -OCH3 is 2. The summed E-state index contributed by atoms with van der Waals surface area (Å²) in [5.41, 5.74) is 0. The lowest BCUT2D eigenvalue weighted by Gasteiger charge is -2.25. The molecule has 2 aliphatic heterocycles. The highest BCUT2D eigenvalue weighted by atomic mass is 31.2. The Labute approximate surface area is 152 Å². The largest absolute Gasteiger partial charge is 0.474 e. The molecule has 0 aromatic heterocycles. The maximum atomic E-state index is 12.8. The summed E-state index contributed by atoms with van der Waals surface area (Å²) in [6, 6.07) is -0.763. The van der Waals surface area contributed by atoms with Crippen LogP contribution in [0, 0.1) is 0 Å². The van der Waals surface area contributed by atoms with Crippen molar-refractivity contribution in [3.8, 4) is 0 Å². The van der Waals surface area contributed by atoms with E-state index < -0.39 is 32.1 Å². The Kier molecular flexibility index (Phi) is 8.49. The zero-order valence-electron chi connectivity index (χ0n) is 14.7. The average Bonchev–Trinajstić information content (AvgIpc) is 3.16. The van der Waals surface area contributed by atoms with E-state index in [-0.39, 0.29) is 25.3 Å². The van der Waals surface area contributed by atoms with E-state index in [1.807, 2.05) is 0 Å². The highest BCUT2D eigenvalue weighted by molar-refractivity contribution is 7.48. The van der Waals surface area contributed by atoms with E-state index in [1.54, 1.807) is 7.11 Å². The Morgan fingerprint density at radius 1 is 1.12 bits per heavy atom. The summed E-state index contributed by atoms with van der Waals surface area (Å²) in [5, 5.41) is 0. The molecule has 2 aliphatic rings. The smallest absolute Gasteiger partial charge is 0.382 e. The molecule has 0 aliphatic carbocycles. The minimum absolute atomic E-state index is 0.0354. The monoisotopic (exact) mass is 371 g/mol. The molecule has 3 unspecified atom stereocenters. The summed E-state index contributed by atoms with van der Waals surface area (Å²) in [7, 11) is 13.2. The van der Waals surface area contributed by atoms with Crippen LogP contribution in [0.15, 0.2) is 0 Å². The summed E-state index contributed by atoms with van der Waals surface area (Å²) in [6.07, 6.45) is -0.708. The van der Waals surface area contributed by atoms with Crippen molar-refractivity contribution in [1.82, 2.24) is 0 Å². The van der Waals surface area contributed by atoms with E-state index in [0.29, 0.717) is 12.8 Å². The van der Waals surface area contributed by atoms with Crippen LogP contribution in [0.5, 0.6) is 0 Å². The molecule has 0 N–H and O–H groups in total. The molecule has 137 valence electrons. The van der Waals surface area contributed by atoms with Gasteiger partial charge in [0.1, 0.15) is 20.1 Å². The molecule has 5 radical (unpaired) electrons. The van der Waals surface area contributed by atoms with Crippen LogP contribution in [-0.4, -0.2) is 93.7 Å². The molecule has 25 heavy (non-hydrogen) atoms. The first-order valence-corrected chi connectivity index (χ1v) is 9.52. The summed E-state index contributed by atoms with van der Waals surface area (Å²) in [6.45, 7) is 0.233. The van der Waals surface area contributed by atoms with Crippen molar-refractivity contribution in [3.05, 3.63) is 0 Å². The second-order valence-electron chi connectivity index (χ2n) is 5.89. The summed E-state index contributed by atoms with van der Waals surface area (Å²) in [5.74, 6) is 0. The van der Waals surface area contributed by atoms with Crippen molar-refractivity contribution < 1.29 is 37.1 Å². The van der Waals surface area contributed by atoms with Crippen molar-refractivity contribution in [1.29, 1.82) is 0 Å². The van der Waals surface area contributed by atoms with Crippen molar-refractivity contribution >= 4 is 30.6 Å². The van der Waals surface area contributed by atoms with Gasteiger partial charge in [-0.25, -0.2) is 4.57 Å². The summed E-state index contributed by atoms with van der Waals surface area (Å²) >= 11 is 0.